The Bertz CT molecular complexity index is 153. The topological polar surface area (TPSA) is 35.5 Å². The van der Waals surface area contributed by atoms with Gasteiger partial charge in [0.2, 0.25) is 0 Å². The normalized spacial score (nSPS) is 11.9. The van der Waals surface area contributed by atoms with Gasteiger partial charge < -0.3 is 9.05 Å². The quantitative estimate of drug-likeness (QED) is 0.467. The van der Waals surface area contributed by atoms with Gasteiger partial charge in [0.15, 0.2) is 0 Å². The molecule has 0 rings (SSSR count). The molecule has 13 heavy (non-hydrogen) atoms. The van der Waals surface area contributed by atoms with Crippen molar-refractivity contribution in [2.24, 2.45) is 0 Å². The predicted molar refractivity (Wildman–Crippen MR) is 58.2 cm³/mol. The Hall–Kier alpha value is 0.500. The molecule has 0 aromatic heterocycles. The van der Waals surface area contributed by atoms with Crippen molar-refractivity contribution in [3.8, 4) is 0 Å². The Morgan fingerprint density at radius 1 is 1.15 bits per heavy atom. The molecule has 0 fully saturated rings. The summed E-state index contributed by atoms with van der Waals surface area (Å²) in [6.07, 6.45) is 2.15. The van der Waals surface area contributed by atoms with Gasteiger partial charge in [0, 0.05) is 5.75 Å². The molecule has 0 N–H and O–H groups in total. The van der Waals surface area contributed by atoms with Crippen LogP contribution in [0.3, 0.4) is 0 Å². The highest BCUT2D eigenvalue weighted by Crippen LogP contribution is 2.60. The van der Waals surface area contributed by atoms with Crippen LogP contribution in [0.2, 0.25) is 0 Å². The van der Waals surface area contributed by atoms with Crippen molar-refractivity contribution in [2.75, 3.05) is 19.0 Å². The predicted octanol–water partition coefficient (Wildman–Crippen LogP) is 3.70. The molecule has 0 aliphatic heterocycles. The van der Waals surface area contributed by atoms with E-state index in [0.29, 0.717) is 13.2 Å². The standard InChI is InChI=1S/C8H19O3PS/c1-4-7-8-13-12(9,10-5-2)11-6-3/h4-8H2,1-3H3. The zero-order chi connectivity index (χ0) is 10.2. The highest BCUT2D eigenvalue weighted by Gasteiger charge is 2.23. The van der Waals surface area contributed by atoms with E-state index in [-0.39, 0.29) is 0 Å². The van der Waals surface area contributed by atoms with Crippen LogP contribution in [0.4, 0.5) is 0 Å². The molecule has 0 spiro atoms. The van der Waals surface area contributed by atoms with E-state index >= 15 is 0 Å². The van der Waals surface area contributed by atoms with Crippen molar-refractivity contribution >= 4 is 18.2 Å². The van der Waals surface area contributed by atoms with Gasteiger partial charge in [-0.2, -0.15) is 0 Å². The maximum atomic E-state index is 11.8. The molecule has 0 radical (unpaired) electrons. The third kappa shape index (κ3) is 6.55. The van der Waals surface area contributed by atoms with Gasteiger partial charge in [-0.05, 0) is 31.7 Å². The Morgan fingerprint density at radius 2 is 1.69 bits per heavy atom. The van der Waals surface area contributed by atoms with Crippen LogP contribution in [0.5, 0.6) is 0 Å². The Balaban J connectivity index is 3.85. The molecule has 3 nitrogen and oxygen atoms in total. The second-order valence-electron chi connectivity index (χ2n) is 2.47. The number of hydrogen-bond donors (Lipinski definition) is 0. The molecule has 0 unspecified atom stereocenters. The molecule has 0 bridgehead atoms. The van der Waals surface area contributed by atoms with Crippen LogP contribution in [0.25, 0.3) is 0 Å². The lowest BCUT2D eigenvalue weighted by Gasteiger charge is -2.15. The molecule has 0 atom stereocenters. The molecule has 0 aliphatic rings. The smallest absolute Gasteiger partial charge is 0.301 e. The molecule has 0 heterocycles. The molecule has 0 saturated heterocycles. The lowest BCUT2D eigenvalue weighted by atomic mass is 10.4. The Labute approximate surface area is 84.9 Å². The monoisotopic (exact) mass is 226 g/mol. The van der Waals surface area contributed by atoms with Crippen LogP contribution < -0.4 is 0 Å². The van der Waals surface area contributed by atoms with Gasteiger partial charge in [-0.1, -0.05) is 13.3 Å². The first kappa shape index (κ1) is 13.5. The molecule has 0 saturated carbocycles. The minimum Gasteiger partial charge on any atom is -0.301 e. The molecule has 0 aromatic rings. The number of unbranched alkanes of at least 4 members (excludes halogenated alkanes) is 1. The highest BCUT2D eigenvalue weighted by atomic mass is 32.7. The summed E-state index contributed by atoms with van der Waals surface area (Å²) < 4.78 is 22.0. The van der Waals surface area contributed by atoms with Crippen molar-refractivity contribution < 1.29 is 13.6 Å². The minimum absolute atomic E-state index is 0.441. The first-order chi connectivity index (χ1) is 6.18. The zero-order valence-corrected chi connectivity index (χ0v) is 10.3. The summed E-state index contributed by atoms with van der Waals surface area (Å²) in [5, 5.41) is 0. The summed E-state index contributed by atoms with van der Waals surface area (Å²) in [4.78, 5) is 0. The molecule has 0 amide bonds. The van der Waals surface area contributed by atoms with Gasteiger partial charge in [0.25, 0.3) is 0 Å². The van der Waals surface area contributed by atoms with Gasteiger partial charge in [-0.15, -0.1) is 0 Å². The van der Waals surface area contributed by atoms with Crippen molar-refractivity contribution in [1.82, 2.24) is 0 Å². The van der Waals surface area contributed by atoms with Crippen LogP contribution in [0.15, 0.2) is 0 Å². The molecule has 5 heteroatoms. The van der Waals surface area contributed by atoms with Gasteiger partial charge in [0.1, 0.15) is 0 Å². The summed E-state index contributed by atoms with van der Waals surface area (Å²) in [5.41, 5.74) is 0. The second-order valence-corrected chi connectivity index (χ2v) is 6.66. The zero-order valence-electron chi connectivity index (χ0n) is 8.62. The van der Waals surface area contributed by atoms with Crippen molar-refractivity contribution in [3.63, 3.8) is 0 Å². The molecular weight excluding hydrogens is 207 g/mol. The van der Waals surface area contributed by atoms with Crippen molar-refractivity contribution in [3.05, 3.63) is 0 Å². The van der Waals surface area contributed by atoms with E-state index in [0.717, 1.165) is 18.6 Å². The van der Waals surface area contributed by atoms with E-state index in [1.165, 1.54) is 11.4 Å². The maximum Gasteiger partial charge on any atom is 0.389 e. The van der Waals surface area contributed by atoms with Crippen molar-refractivity contribution in [1.29, 1.82) is 0 Å². The molecular formula is C8H19O3PS. The van der Waals surface area contributed by atoms with E-state index in [1.54, 1.807) is 0 Å². The van der Waals surface area contributed by atoms with E-state index in [2.05, 4.69) is 6.92 Å². The fraction of sp³-hybridized carbons (Fsp3) is 1.00. The number of hydrogen-bond acceptors (Lipinski definition) is 4. The Kier molecular flexibility index (Phi) is 8.17. The van der Waals surface area contributed by atoms with Gasteiger partial charge in [-0.25, -0.2) is 4.57 Å². The van der Waals surface area contributed by atoms with Gasteiger partial charge in [-0.3, -0.25) is 0 Å². The fourth-order valence-corrected chi connectivity index (χ4v) is 4.38. The van der Waals surface area contributed by atoms with Gasteiger partial charge >= 0.3 is 6.80 Å². The SMILES string of the molecule is CCCCSP(=O)(OCC)OCC. The molecule has 0 aliphatic carbocycles. The summed E-state index contributed by atoms with van der Waals surface area (Å²) in [6, 6.07) is 0. The second kappa shape index (κ2) is 7.86. The summed E-state index contributed by atoms with van der Waals surface area (Å²) in [7, 11) is 0. The lowest BCUT2D eigenvalue weighted by molar-refractivity contribution is 0.237. The van der Waals surface area contributed by atoms with Crippen LogP contribution in [-0.2, 0) is 13.6 Å². The third-order valence-electron chi connectivity index (χ3n) is 1.32. The van der Waals surface area contributed by atoms with Crippen molar-refractivity contribution in [2.45, 2.75) is 33.6 Å². The molecule has 0 aromatic carbocycles. The van der Waals surface area contributed by atoms with Crippen LogP contribution in [0.1, 0.15) is 33.6 Å². The largest absolute Gasteiger partial charge is 0.389 e. The summed E-state index contributed by atoms with van der Waals surface area (Å²) in [6.45, 7) is 3.80. The average Bonchev–Trinajstić information content (AvgIpc) is 2.05. The number of rotatable bonds is 8. The lowest BCUT2D eigenvalue weighted by Crippen LogP contribution is -1.93. The van der Waals surface area contributed by atoms with E-state index in [4.69, 9.17) is 9.05 Å². The minimum atomic E-state index is -2.83. The maximum absolute atomic E-state index is 11.8. The summed E-state index contributed by atoms with van der Waals surface area (Å²) >= 11 is 1.31. The third-order valence-corrected chi connectivity index (χ3v) is 5.39. The first-order valence-electron chi connectivity index (χ1n) is 4.72. The molecule has 80 valence electrons. The van der Waals surface area contributed by atoms with Crippen LogP contribution in [0, 0.1) is 0 Å². The van der Waals surface area contributed by atoms with E-state index in [9.17, 15) is 4.57 Å². The van der Waals surface area contributed by atoms with Crippen LogP contribution >= 0.6 is 18.2 Å². The van der Waals surface area contributed by atoms with E-state index < -0.39 is 6.80 Å². The Morgan fingerprint density at radius 3 is 2.08 bits per heavy atom. The highest BCUT2D eigenvalue weighted by molar-refractivity contribution is 8.55. The van der Waals surface area contributed by atoms with E-state index in [1.807, 2.05) is 13.8 Å². The average molecular weight is 226 g/mol. The van der Waals surface area contributed by atoms with Gasteiger partial charge in [0.05, 0.1) is 13.2 Å². The summed E-state index contributed by atoms with van der Waals surface area (Å²) in [5.74, 6) is 0.841. The first-order valence-corrected chi connectivity index (χ1v) is 7.85. The fourth-order valence-electron chi connectivity index (χ4n) is 0.749. The van der Waals surface area contributed by atoms with Crippen LogP contribution in [-0.4, -0.2) is 19.0 Å².